The lowest BCUT2D eigenvalue weighted by atomic mass is 10.3. The number of halogens is 1. The maximum absolute atomic E-state index is 6.18. The molecule has 2 rings (SSSR count). The van der Waals surface area contributed by atoms with Gasteiger partial charge in [-0.25, -0.2) is 4.99 Å². The number of para-hydroxylation sites is 1. The van der Waals surface area contributed by atoms with Gasteiger partial charge in [0.25, 0.3) is 0 Å². The quantitative estimate of drug-likeness (QED) is 0.453. The largest absolute Gasteiger partial charge is 0.357 e. The first-order chi connectivity index (χ1) is 9.16. The summed E-state index contributed by atoms with van der Waals surface area (Å²) in [6.07, 6.45) is 0. The summed E-state index contributed by atoms with van der Waals surface area (Å²) < 4.78 is 0. The third-order valence-electron chi connectivity index (χ3n) is 2.40. The Hall–Kier alpha value is -1.45. The molecule has 2 nitrogen and oxygen atoms in total. The van der Waals surface area contributed by atoms with E-state index in [1.807, 2.05) is 73.6 Å². The van der Waals surface area contributed by atoms with Crippen molar-refractivity contribution in [1.82, 2.24) is 4.90 Å². The number of hydrogen-bond donors (Lipinski definition) is 0. The van der Waals surface area contributed by atoms with Gasteiger partial charge in [0.2, 0.25) is 0 Å². The summed E-state index contributed by atoms with van der Waals surface area (Å²) in [7, 11) is 3.96. The highest BCUT2D eigenvalue weighted by Gasteiger charge is 2.08. The van der Waals surface area contributed by atoms with Crippen molar-refractivity contribution in [1.29, 1.82) is 0 Å². The molecular weight excluding hydrogens is 276 g/mol. The van der Waals surface area contributed by atoms with Gasteiger partial charge < -0.3 is 4.90 Å². The SMILES string of the molecule is CN(C)C(=Nc1ccccc1)Sc1ccccc1Cl. The maximum atomic E-state index is 6.18. The van der Waals surface area contributed by atoms with Gasteiger partial charge in [-0.05, 0) is 24.3 Å². The van der Waals surface area contributed by atoms with E-state index in [1.54, 1.807) is 11.8 Å². The van der Waals surface area contributed by atoms with Gasteiger partial charge in [-0.2, -0.15) is 0 Å². The molecule has 0 amide bonds. The van der Waals surface area contributed by atoms with Crippen molar-refractivity contribution in [2.45, 2.75) is 4.90 Å². The Balaban J connectivity index is 2.27. The highest BCUT2D eigenvalue weighted by Crippen LogP contribution is 2.29. The van der Waals surface area contributed by atoms with Crippen molar-refractivity contribution in [2.24, 2.45) is 4.99 Å². The molecule has 0 fully saturated rings. The van der Waals surface area contributed by atoms with Crippen molar-refractivity contribution in [3.05, 3.63) is 59.6 Å². The minimum absolute atomic E-state index is 0.745. The van der Waals surface area contributed by atoms with Crippen LogP contribution in [0, 0.1) is 0 Å². The van der Waals surface area contributed by atoms with Crippen LogP contribution < -0.4 is 0 Å². The Morgan fingerprint density at radius 3 is 2.26 bits per heavy atom. The van der Waals surface area contributed by atoms with Crippen LogP contribution >= 0.6 is 23.4 Å². The molecule has 0 saturated carbocycles. The molecule has 0 bridgehead atoms. The van der Waals surface area contributed by atoms with Crippen LogP contribution in [-0.2, 0) is 0 Å². The highest BCUT2D eigenvalue weighted by atomic mass is 35.5. The fraction of sp³-hybridized carbons (Fsp3) is 0.133. The smallest absolute Gasteiger partial charge is 0.168 e. The second-order valence-electron chi connectivity index (χ2n) is 4.16. The van der Waals surface area contributed by atoms with Crippen LogP contribution in [0.5, 0.6) is 0 Å². The number of thioether (sulfide) groups is 1. The summed E-state index contributed by atoms with van der Waals surface area (Å²) in [6, 6.07) is 17.7. The van der Waals surface area contributed by atoms with Gasteiger partial charge in [-0.3, -0.25) is 0 Å². The number of benzene rings is 2. The van der Waals surface area contributed by atoms with Crippen LogP contribution in [0.25, 0.3) is 0 Å². The van der Waals surface area contributed by atoms with E-state index in [9.17, 15) is 0 Å². The molecule has 19 heavy (non-hydrogen) atoms. The topological polar surface area (TPSA) is 15.6 Å². The van der Waals surface area contributed by atoms with E-state index < -0.39 is 0 Å². The normalized spacial score (nSPS) is 11.4. The van der Waals surface area contributed by atoms with Crippen LogP contribution in [0.1, 0.15) is 0 Å². The molecule has 0 spiro atoms. The van der Waals surface area contributed by atoms with Crippen molar-refractivity contribution in [3.8, 4) is 0 Å². The van der Waals surface area contributed by atoms with Gasteiger partial charge in [-0.15, -0.1) is 0 Å². The Kier molecular flexibility index (Phi) is 4.88. The van der Waals surface area contributed by atoms with Gasteiger partial charge in [0, 0.05) is 19.0 Å². The lowest BCUT2D eigenvalue weighted by Gasteiger charge is -2.15. The maximum Gasteiger partial charge on any atom is 0.168 e. The molecule has 0 aliphatic heterocycles. The van der Waals surface area contributed by atoms with E-state index in [0.29, 0.717) is 0 Å². The summed E-state index contributed by atoms with van der Waals surface area (Å²) in [4.78, 5) is 7.64. The summed E-state index contributed by atoms with van der Waals surface area (Å²) in [5, 5.41) is 1.65. The first kappa shape index (κ1) is 14.0. The van der Waals surface area contributed by atoms with Gasteiger partial charge >= 0.3 is 0 Å². The fourth-order valence-electron chi connectivity index (χ4n) is 1.45. The first-order valence-electron chi connectivity index (χ1n) is 5.90. The Bertz CT molecular complexity index is 567. The van der Waals surface area contributed by atoms with E-state index in [-0.39, 0.29) is 0 Å². The molecule has 0 radical (unpaired) electrons. The van der Waals surface area contributed by atoms with E-state index in [0.717, 1.165) is 20.8 Å². The third kappa shape index (κ3) is 4.01. The third-order valence-corrected chi connectivity index (χ3v) is 4.06. The van der Waals surface area contributed by atoms with Crippen molar-refractivity contribution in [2.75, 3.05) is 14.1 Å². The summed E-state index contributed by atoms with van der Waals surface area (Å²) in [6.45, 7) is 0. The van der Waals surface area contributed by atoms with Gasteiger partial charge in [0.1, 0.15) is 0 Å². The van der Waals surface area contributed by atoms with Crippen molar-refractivity contribution < 1.29 is 0 Å². The highest BCUT2D eigenvalue weighted by molar-refractivity contribution is 8.13. The van der Waals surface area contributed by atoms with Crippen LogP contribution in [0.2, 0.25) is 5.02 Å². The van der Waals surface area contributed by atoms with Gasteiger partial charge in [0.05, 0.1) is 10.7 Å². The van der Waals surface area contributed by atoms with Crippen LogP contribution in [-0.4, -0.2) is 24.2 Å². The average molecular weight is 291 g/mol. The van der Waals surface area contributed by atoms with Gasteiger partial charge in [-0.1, -0.05) is 53.7 Å². The molecule has 98 valence electrons. The van der Waals surface area contributed by atoms with Crippen molar-refractivity contribution >= 4 is 34.2 Å². The summed E-state index contributed by atoms with van der Waals surface area (Å²) >= 11 is 7.74. The van der Waals surface area contributed by atoms with E-state index in [4.69, 9.17) is 11.6 Å². The Labute approximate surface area is 123 Å². The number of rotatable bonds is 2. The number of amidine groups is 1. The molecule has 2 aromatic carbocycles. The minimum Gasteiger partial charge on any atom is -0.357 e. The van der Waals surface area contributed by atoms with Crippen LogP contribution in [0.15, 0.2) is 64.5 Å². The molecule has 0 aromatic heterocycles. The standard InChI is InChI=1S/C15H15ClN2S/c1-18(2)15(17-12-8-4-3-5-9-12)19-14-11-7-6-10-13(14)16/h3-11H,1-2H3. The molecule has 0 atom stereocenters. The number of nitrogens with zero attached hydrogens (tertiary/aromatic N) is 2. The Morgan fingerprint density at radius 1 is 1.00 bits per heavy atom. The monoisotopic (exact) mass is 290 g/mol. The molecule has 0 aliphatic carbocycles. The zero-order chi connectivity index (χ0) is 13.7. The summed E-state index contributed by atoms with van der Waals surface area (Å²) in [5.74, 6) is 0. The molecule has 2 aromatic rings. The van der Waals surface area contributed by atoms with E-state index in [2.05, 4.69) is 4.99 Å². The predicted molar refractivity (Wildman–Crippen MR) is 84.5 cm³/mol. The lowest BCUT2D eigenvalue weighted by molar-refractivity contribution is 0.636. The molecule has 0 saturated heterocycles. The van der Waals surface area contributed by atoms with Crippen molar-refractivity contribution in [3.63, 3.8) is 0 Å². The second-order valence-corrected chi connectivity index (χ2v) is 5.57. The molecule has 0 unspecified atom stereocenters. The first-order valence-corrected chi connectivity index (χ1v) is 7.09. The zero-order valence-electron chi connectivity index (χ0n) is 10.9. The van der Waals surface area contributed by atoms with Crippen LogP contribution in [0.3, 0.4) is 0 Å². The predicted octanol–water partition coefficient (Wildman–Crippen LogP) is 4.68. The lowest BCUT2D eigenvalue weighted by Crippen LogP contribution is -2.18. The average Bonchev–Trinajstić information content (AvgIpc) is 2.41. The minimum atomic E-state index is 0.745. The number of hydrogen-bond acceptors (Lipinski definition) is 2. The van der Waals surface area contributed by atoms with E-state index >= 15 is 0 Å². The fourth-order valence-corrected chi connectivity index (χ4v) is 2.55. The van der Waals surface area contributed by atoms with Gasteiger partial charge in [0.15, 0.2) is 5.17 Å². The molecule has 0 heterocycles. The zero-order valence-corrected chi connectivity index (χ0v) is 12.4. The molecule has 0 aliphatic rings. The molecule has 0 N–H and O–H groups in total. The summed E-state index contributed by atoms with van der Waals surface area (Å²) in [5.41, 5.74) is 0.936. The van der Waals surface area contributed by atoms with Crippen LogP contribution in [0.4, 0.5) is 5.69 Å². The van der Waals surface area contributed by atoms with E-state index in [1.165, 1.54) is 0 Å². The molecular formula is C15H15ClN2S. The second kappa shape index (κ2) is 6.64. The Morgan fingerprint density at radius 2 is 1.63 bits per heavy atom. The number of aliphatic imine (C=N–C) groups is 1. The molecule has 4 heteroatoms.